The number of nitrogens with one attached hydrogen (secondary N) is 2. The van der Waals surface area contributed by atoms with Crippen molar-refractivity contribution < 1.29 is 0 Å². The standard InChI is InChI=1S/C37H59N3S.CH2S/c1-10-14-24-38-30(6)33(31(7)39-25-15-11-2)22-23-36-37(8,9)34-20-16-17-21-35(34)40(36)26-18-19-32(13-4)28-41-27-29(5)12-3;1-2/h16-17,20-23,32,38-39H,5-7,10-15,18-19,24-28H2,1-4,8-9H3;1H2/b36-23+;. The normalized spacial score (nSPS) is 14.7. The van der Waals surface area contributed by atoms with E-state index in [2.05, 4.69) is 143 Å². The first-order valence-electron chi connectivity index (χ1n) is 16.4. The highest BCUT2D eigenvalue weighted by Crippen LogP contribution is 2.47. The van der Waals surface area contributed by atoms with Crippen molar-refractivity contribution in [2.24, 2.45) is 5.92 Å². The van der Waals surface area contributed by atoms with Crippen LogP contribution in [0.15, 0.2) is 84.4 Å². The Morgan fingerprint density at radius 2 is 1.56 bits per heavy atom. The maximum absolute atomic E-state index is 4.40. The number of rotatable bonds is 21. The van der Waals surface area contributed by atoms with Crippen molar-refractivity contribution in [3.05, 3.63) is 90.0 Å². The maximum atomic E-state index is 4.40. The van der Waals surface area contributed by atoms with Gasteiger partial charge in [0.2, 0.25) is 0 Å². The number of hydrogen-bond acceptors (Lipinski definition) is 5. The molecule has 1 unspecified atom stereocenters. The highest BCUT2D eigenvalue weighted by Gasteiger charge is 2.39. The second kappa shape index (κ2) is 21.5. The monoisotopic (exact) mass is 623 g/mol. The molecule has 2 N–H and O–H groups in total. The minimum Gasteiger partial charge on any atom is -0.385 e. The Kier molecular flexibility index (Phi) is 19.4. The average Bonchev–Trinajstić information content (AvgIpc) is 3.23. The first-order valence-corrected chi connectivity index (χ1v) is 18.1. The highest BCUT2D eigenvalue weighted by atomic mass is 32.2. The Labute approximate surface area is 275 Å². The second-order valence-corrected chi connectivity index (χ2v) is 13.0. The van der Waals surface area contributed by atoms with Gasteiger partial charge >= 0.3 is 0 Å². The fourth-order valence-corrected chi connectivity index (χ4v) is 6.71. The number of thioether (sulfide) groups is 1. The van der Waals surface area contributed by atoms with Gasteiger partial charge in [0.1, 0.15) is 0 Å². The van der Waals surface area contributed by atoms with Crippen LogP contribution in [0.5, 0.6) is 0 Å². The summed E-state index contributed by atoms with van der Waals surface area (Å²) in [5.41, 5.74) is 8.33. The zero-order chi connectivity index (χ0) is 32.3. The van der Waals surface area contributed by atoms with E-state index in [1.807, 2.05) is 0 Å². The summed E-state index contributed by atoms with van der Waals surface area (Å²) in [5, 5.41) is 7.09. The fourth-order valence-electron chi connectivity index (χ4n) is 5.37. The molecule has 1 aliphatic rings. The van der Waals surface area contributed by atoms with Crippen LogP contribution in [0, 0.1) is 5.92 Å². The minimum absolute atomic E-state index is 0.0767. The van der Waals surface area contributed by atoms with Gasteiger partial charge < -0.3 is 15.5 Å². The molecule has 0 bridgehead atoms. The molecule has 2 rings (SSSR count). The van der Waals surface area contributed by atoms with Gasteiger partial charge in [0.15, 0.2) is 0 Å². The first kappa shape index (κ1) is 38.8. The van der Waals surface area contributed by atoms with Crippen LogP contribution in [0.1, 0.15) is 98.5 Å². The molecule has 0 aliphatic carbocycles. The molecule has 0 saturated carbocycles. The van der Waals surface area contributed by atoms with Crippen LogP contribution in [0.25, 0.3) is 0 Å². The summed E-state index contributed by atoms with van der Waals surface area (Å²) in [7, 11) is 0. The lowest BCUT2D eigenvalue weighted by molar-refractivity contribution is 0.502. The molecule has 5 heteroatoms. The van der Waals surface area contributed by atoms with Gasteiger partial charge in [-0.1, -0.05) is 117 Å². The van der Waals surface area contributed by atoms with Crippen LogP contribution < -0.4 is 15.5 Å². The van der Waals surface area contributed by atoms with Crippen LogP contribution in [0.3, 0.4) is 0 Å². The fraction of sp³-hybridized carbons (Fsp3) is 0.553. The molecule has 240 valence electrons. The number of allylic oxidation sites excluding steroid dienone is 3. The van der Waals surface area contributed by atoms with E-state index in [1.54, 1.807) is 0 Å². The number of para-hydroxylation sites is 1. The summed E-state index contributed by atoms with van der Waals surface area (Å²) in [5.74, 6) is 5.91. The molecule has 1 aromatic rings. The van der Waals surface area contributed by atoms with E-state index in [0.29, 0.717) is 0 Å². The highest BCUT2D eigenvalue weighted by molar-refractivity contribution is 7.99. The van der Waals surface area contributed by atoms with Crippen LogP contribution in [0.2, 0.25) is 0 Å². The molecular weight excluding hydrogens is 563 g/mol. The van der Waals surface area contributed by atoms with Crippen molar-refractivity contribution in [2.45, 2.75) is 98.3 Å². The molecule has 43 heavy (non-hydrogen) atoms. The van der Waals surface area contributed by atoms with E-state index in [4.69, 9.17) is 0 Å². The van der Waals surface area contributed by atoms with E-state index >= 15 is 0 Å². The van der Waals surface area contributed by atoms with Gasteiger partial charge in [0.05, 0.1) is 0 Å². The van der Waals surface area contributed by atoms with Crippen LogP contribution in [0.4, 0.5) is 5.69 Å². The topological polar surface area (TPSA) is 27.3 Å². The van der Waals surface area contributed by atoms with Gasteiger partial charge in [0, 0.05) is 59.2 Å². The summed E-state index contributed by atoms with van der Waals surface area (Å²) in [4.78, 5) is 2.57. The molecule has 1 aliphatic heterocycles. The minimum atomic E-state index is -0.0767. The van der Waals surface area contributed by atoms with Crippen LogP contribution in [-0.2, 0) is 5.41 Å². The third-order valence-corrected chi connectivity index (χ3v) is 9.65. The molecule has 0 saturated heterocycles. The SMILES string of the molecule is C=C(CC)CSCC(CC)CCCN1/C(=C/C=C(C(=C)NCCCC)C(=C)NCCCC)C(C)(C)c2ccccc21.C=S. The van der Waals surface area contributed by atoms with Crippen LogP contribution in [-0.4, -0.2) is 37.0 Å². The summed E-state index contributed by atoms with van der Waals surface area (Å²) in [6.45, 7) is 29.6. The molecule has 1 aromatic carbocycles. The van der Waals surface area contributed by atoms with Gasteiger partial charge in [-0.15, -0.1) is 0 Å². The van der Waals surface area contributed by atoms with Crippen molar-refractivity contribution in [1.82, 2.24) is 10.6 Å². The van der Waals surface area contributed by atoms with E-state index in [-0.39, 0.29) is 5.41 Å². The van der Waals surface area contributed by atoms with Gasteiger partial charge in [-0.2, -0.15) is 11.8 Å². The van der Waals surface area contributed by atoms with E-state index in [9.17, 15) is 0 Å². The van der Waals surface area contributed by atoms with Crippen LogP contribution >= 0.6 is 24.0 Å². The summed E-state index contributed by atoms with van der Waals surface area (Å²) >= 11 is 5.89. The second-order valence-electron chi connectivity index (χ2n) is 12.0. The van der Waals surface area contributed by atoms with E-state index in [0.717, 1.165) is 80.4 Å². The summed E-state index contributed by atoms with van der Waals surface area (Å²) in [6, 6.07) is 8.95. The van der Waals surface area contributed by atoms with E-state index < -0.39 is 0 Å². The zero-order valence-corrected chi connectivity index (χ0v) is 30.0. The molecule has 1 heterocycles. The largest absolute Gasteiger partial charge is 0.385 e. The number of thiocarbonyl (C=S) groups is 1. The number of fused-ring (bicyclic) bond motifs is 1. The number of hydrogen-bond donors (Lipinski definition) is 2. The van der Waals surface area contributed by atoms with Gasteiger partial charge in [-0.3, -0.25) is 0 Å². The van der Waals surface area contributed by atoms with E-state index in [1.165, 1.54) is 47.5 Å². The summed E-state index contributed by atoms with van der Waals surface area (Å²) in [6.07, 6.45) is 13.9. The average molecular weight is 624 g/mol. The van der Waals surface area contributed by atoms with Crippen molar-refractivity contribution >= 4 is 35.5 Å². The number of nitrogens with zero attached hydrogens (tertiary/aromatic N) is 1. The quantitative estimate of drug-likeness (QED) is 0.0615. The molecular formula is C38H61N3S2. The Hall–Kier alpha value is -2.24. The number of unbranched alkanes of at least 4 members (excludes halogenated alkanes) is 2. The molecule has 0 spiro atoms. The predicted molar refractivity (Wildman–Crippen MR) is 202 cm³/mol. The van der Waals surface area contributed by atoms with Gasteiger partial charge in [-0.25, -0.2) is 0 Å². The van der Waals surface area contributed by atoms with Gasteiger partial charge in [-0.05, 0) is 73.4 Å². The maximum Gasteiger partial charge on any atom is 0.0450 e. The van der Waals surface area contributed by atoms with Gasteiger partial charge in [0.25, 0.3) is 0 Å². The molecule has 0 radical (unpaired) electrons. The Bertz CT molecular complexity index is 1040. The lowest BCUT2D eigenvalue weighted by Gasteiger charge is -2.28. The smallest absolute Gasteiger partial charge is 0.0450 e. The molecule has 0 aromatic heterocycles. The summed E-state index contributed by atoms with van der Waals surface area (Å²) < 4.78 is 0. The Balaban J connectivity index is 0.00000452. The third-order valence-electron chi connectivity index (χ3n) is 8.33. The molecule has 0 amide bonds. The number of benzene rings is 1. The molecule has 0 fully saturated rings. The Morgan fingerprint density at radius 1 is 0.953 bits per heavy atom. The molecule has 1 atom stereocenters. The molecule has 3 nitrogen and oxygen atoms in total. The zero-order valence-electron chi connectivity index (χ0n) is 28.3. The lowest BCUT2D eigenvalue weighted by Crippen LogP contribution is -2.27. The van der Waals surface area contributed by atoms with Crippen molar-refractivity contribution in [1.29, 1.82) is 0 Å². The van der Waals surface area contributed by atoms with Crippen molar-refractivity contribution in [3.8, 4) is 0 Å². The van der Waals surface area contributed by atoms with Crippen molar-refractivity contribution in [2.75, 3.05) is 36.0 Å². The third kappa shape index (κ3) is 12.3. The van der Waals surface area contributed by atoms with Crippen molar-refractivity contribution in [3.63, 3.8) is 0 Å². The predicted octanol–water partition coefficient (Wildman–Crippen LogP) is 10.5. The first-order chi connectivity index (χ1) is 20.7. The Morgan fingerprint density at radius 3 is 2.12 bits per heavy atom. The lowest BCUT2D eigenvalue weighted by atomic mass is 9.83. The number of anilines is 1.